The smallest absolute Gasteiger partial charge is 0.303 e. The van der Waals surface area contributed by atoms with Gasteiger partial charge in [0.1, 0.15) is 5.78 Å². The van der Waals surface area contributed by atoms with Crippen molar-refractivity contribution in [3.8, 4) is 0 Å². The minimum absolute atomic E-state index is 0.0396. The molecule has 2 saturated heterocycles. The minimum Gasteiger partial charge on any atom is -0.457 e. The van der Waals surface area contributed by atoms with Crippen molar-refractivity contribution in [3.63, 3.8) is 0 Å². The summed E-state index contributed by atoms with van der Waals surface area (Å²) in [5.41, 5.74) is -0.522. The van der Waals surface area contributed by atoms with Gasteiger partial charge in [-0.15, -0.1) is 0 Å². The van der Waals surface area contributed by atoms with Gasteiger partial charge in [0.25, 0.3) is 0 Å². The normalized spacial score (nSPS) is 43.5. The zero-order valence-corrected chi connectivity index (χ0v) is 17.4. The molecule has 3 rings (SSSR count). The van der Waals surface area contributed by atoms with Crippen molar-refractivity contribution < 1.29 is 24.2 Å². The molecule has 152 valence electrons. The van der Waals surface area contributed by atoms with Crippen molar-refractivity contribution in [2.24, 2.45) is 16.7 Å². The molecular formula is C22H34O5. The summed E-state index contributed by atoms with van der Waals surface area (Å²) in [7, 11) is 0. The van der Waals surface area contributed by atoms with Gasteiger partial charge in [-0.25, -0.2) is 0 Å². The molecular weight excluding hydrogens is 344 g/mol. The lowest BCUT2D eigenvalue weighted by atomic mass is 9.58. The zero-order chi connectivity index (χ0) is 20.3. The largest absolute Gasteiger partial charge is 0.457 e. The fourth-order valence-electron chi connectivity index (χ4n) is 5.70. The number of fused-ring (bicyclic) bond motifs is 1. The first-order chi connectivity index (χ1) is 12.4. The summed E-state index contributed by atoms with van der Waals surface area (Å²) in [4.78, 5) is 24.0. The molecule has 1 saturated carbocycles. The van der Waals surface area contributed by atoms with E-state index >= 15 is 0 Å². The van der Waals surface area contributed by atoms with Crippen LogP contribution in [0.4, 0.5) is 0 Å². The quantitative estimate of drug-likeness (QED) is 0.580. The lowest BCUT2D eigenvalue weighted by molar-refractivity contribution is -0.346. The van der Waals surface area contributed by atoms with Crippen molar-refractivity contribution in [1.29, 1.82) is 0 Å². The summed E-state index contributed by atoms with van der Waals surface area (Å²) in [6, 6.07) is 0. The Morgan fingerprint density at radius 1 is 1.37 bits per heavy atom. The van der Waals surface area contributed by atoms with E-state index in [9.17, 15) is 14.7 Å². The summed E-state index contributed by atoms with van der Waals surface area (Å²) in [6.45, 7) is 13.6. The van der Waals surface area contributed by atoms with E-state index in [1.165, 1.54) is 6.92 Å². The molecule has 0 radical (unpaired) electrons. The van der Waals surface area contributed by atoms with Crippen molar-refractivity contribution in [3.05, 3.63) is 12.2 Å². The molecule has 2 bridgehead atoms. The molecule has 1 spiro atoms. The maximum Gasteiger partial charge on any atom is 0.303 e. The van der Waals surface area contributed by atoms with Gasteiger partial charge >= 0.3 is 5.97 Å². The highest BCUT2D eigenvalue weighted by atomic mass is 16.7. The topological polar surface area (TPSA) is 72.8 Å². The van der Waals surface area contributed by atoms with Crippen LogP contribution in [0.2, 0.25) is 0 Å². The predicted molar refractivity (Wildman–Crippen MR) is 102 cm³/mol. The van der Waals surface area contributed by atoms with Crippen molar-refractivity contribution in [1.82, 2.24) is 0 Å². The van der Waals surface area contributed by atoms with Gasteiger partial charge in [-0.1, -0.05) is 34.3 Å². The maximum absolute atomic E-state index is 12.3. The van der Waals surface area contributed by atoms with Crippen LogP contribution >= 0.6 is 0 Å². The summed E-state index contributed by atoms with van der Waals surface area (Å²) in [6.07, 6.45) is 4.15. The third kappa shape index (κ3) is 2.89. The van der Waals surface area contributed by atoms with Gasteiger partial charge in [-0.3, -0.25) is 9.59 Å². The minimum atomic E-state index is -1.60. The number of rotatable bonds is 5. The molecule has 0 aromatic heterocycles. The molecule has 0 aromatic rings. The van der Waals surface area contributed by atoms with Gasteiger partial charge in [0.2, 0.25) is 5.79 Å². The summed E-state index contributed by atoms with van der Waals surface area (Å²) in [5, 5.41) is 11.7. The average Bonchev–Trinajstić information content (AvgIpc) is 2.77. The Bertz CT molecular complexity index is 670. The molecule has 5 unspecified atom stereocenters. The Morgan fingerprint density at radius 3 is 2.63 bits per heavy atom. The molecule has 5 atom stereocenters. The number of ketones is 1. The number of aliphatic hydroxyl groups is 1. The predicted octanol–water partition coefficient (Wildman–Crippen LogP) is 3.93. The second kappa shape index (κ2) is 6.41. The molecule has 3 aliphatic rings. The molecule has 2 heterocycles. The number of carbonyl (C=O) groups excluding carboxylic acids is 2. The van der Waals surface area contributed by atoms with Crippen LogP contribution in [0.25, 0.3) is 0 Å². The van der Waals surface area contributed by atoms with Gasteiger partial charge in [0.15, 0.2) is 6.10 Å². The van der Waals surface area contributed by atoms with Gasteiger partial charge in [0.05, 0.1) is 5.60 Å². The second-order valence-electron chi connectivity index (χ2n) is 9.80. The fourth-order valence-corrected chi connectivity index (χ4v) is 5.70. The molecule has 27 heavy (non-hydrogen) atoms. The Morgan fingerprint density at radius 2 is 2.04 bits per heavy atom. The van der Waals surface area contributed by atoms with E-state index in [4.69, 9.17) is 9.47 Å². The molecule has 3 fully saturated rings. The summed E-state index contributed by atoms with van der Waals surface area (Å²) < 4.78 is 12.1. The van der Waals surface area contributed by atoms with E-state index in [0.717, 1.165) is 24.8 Å². The van der Waals surface area contributed by atoms with Gasteiger partial charge in [0, 0.05) is 30.1 Å². The molecule has 5 heteroatoms. The molecule has 2 aliphatic heterocycles. The standard InChI is InChI=1S/C22H34O5/c1-14(2)17(24)9-11-20(6)13-21-15(3)8-7-10-19(21,5)12-18(26-16(4)23)22(20,25)27-21/h14,18,25H,3,7-13H2,1-2,4-6H3. The first-order valence-electron chi connectivity index (χ1n) is 10.2. The van der Waals surface area contributed by atoms with Crippen LogP contribution in [0.15, 0.2) is 12.2 Å². The number of esters is 1. The summed E-state index contributed by atoms with van der Waals surface area (Å²) >= 11 is 0. The Labute approximate surface area is 162 Å². The lowest BCUT2D eigenvalue weighted by Crippen LogP contribution is -2.63. The Kier molecular flexibility index (Phi) is 4.88. The van der Waals surface area contributed by atoms with E-state index in [0.29, 0.717) is 25.7 Å². The maximum atomic E-state index is 12.3. The SMILES string of the molecule is C=C1CCCC2(C)CC(OC(C)=O)C3(O)OC12CC3(C)CCC(=O)C(C)C. The average molecular weight is 379 g/mol. The number of Topliss-reactive ketones (excluding diaryl/α,β-unsaturated/α-hetero) is 1. The van der Waals surface area contributed by atoms with E-state index in [1.54, 1.807) is 0 Å². The van der Waals surface area contributed by atoms with Gasteiger partial charge in [-0.2, -0.15) is 0 Å². The third-order valence-corrected chi connectivity index (χ3v) is 7.53. The van der Waals surface area contributed by atoms with Crippen molar-refractivity contribution in [2.45, 2.75) is 97.1 Å². The summed E-state index contributed by atoms with van der Waals surface area (Å²) in [5.74, 6) is -1.89. The highest BCUT2D eigenvalue weighted by molar-refractivity contribution is 5.80. The van der Waals surface area contributed by atoms with Crippen molar-refractivity contribution >= 4 is 11.8 Å². The van der Waals surface area contributed by atoms with Crippen LogP contribution in [0.1, 0.15) is 79.6 Å². The molecule has 1 aliphatic carbocycles. The first kappa shape index (κ1) is 20.5. The van der Waals surface area contributed by atoms with Crippen LogP contribution in [0, 0.1) is 16.7 Å². The van der Waals surface area contributed by atoms with Crippen LogP contribution in [-0.4, -0.2) is 34.4 Å². The molecule has 0 amide bonds. The second-order valence-corrected chi connectivity index (χ2v) is 9.80. The molecule has 5 nitrogen and oxygen atoms in total. The van der Waals surface area contributed by atoms with Crippen LogP contribution < -0.4 is 0 Å². The Hall–Kier alpha value is -1.20. The van der Waals surface area contributed by atoms with Crippen LogP contribution in [0.5, 0.6) is 0 Å². The first-order valence-corrected chi connectivity index (χ1v) is 10.2. The van der Waals surface area contributed by atoms with E-state index in [1.807, 2.05) is 20.8 Å². The zero-order valence-electron chi connectivity index (χ0n) is 17.4. The number of ether oxygens (including phenoxy) is 2. The van der Waals surface area contributed by atoms with E-state index in [-0.39, 0.29) is 17.1 Å². The highest BCUT2D eigenvalue weighted by Gasteiger charge is 2.75. The fraction of sp³-hybridized carbons (Fsp3) is 0.818. The third-order valence-electron chi connectivity index (χ3n) is 7.53. The molecule has 0 aromatic carbocycles. The molecule has 1 N–H and O–H groups in total. The number of carbonyl (C=O) groups is 2. The lowest BCUT2D eigenvalue weighted by Gasteiger charge is -2.56. The van der Waals surface area contributed by atoms with Crippen LogP contribution in [0.3, 0.4) is 0 Å². The highest BCUT2D eigenvalue weighted by Crippen LogP contribution is 2.69. The monoisotopic (exact) mass is 378 g/mol. The van der Waals surface area contributed by atoms with Gasteiger partial charge < -0.3 is 14.6 Å². The van der Waals surface area contributed by atoms with Gasteiger partial charge in [-0.05, 0) is 44.1 Å². The number of hydrogen-bond acceptors (Lipinski definition) is 5. The van der Waals surface area contributed by atoms with E-state index < -0.39 is 28.9 Å². The van der Waals surface area contributed by atoms with Crippen molar-refractivity contribution in [2.75, 3.05) is 0 Å². The Balaban J connectivity index is 2.01. The number of hydrogen-bond donors (Lipinski definition) is 1. The van der Waals surface area contributed by atoms with E-state index in [2.05, 4.69) is 13.5 Å². The van der Waals surface area contributed by atoms with Crippen LogP contribution in [-0.2, 0) is 19.1 Å².